The van der Waals surface area contributed by atoms with Gasteiger partial charge < -0.3 is 10.6 Å². The predicted octanol–water partition coefficient (Wildman–Crippen LogP) is 0.403. The highest BCUT2D eigenvalue weighted by atomic mass is 32.2. The summed E-state index contributed by atoms with van der Waals surface area (Å²) in [4.78, 5) is 11.5. The topological polar surface area (TPSA) is 58.2 Å². The van der Waals surface area contributed by atoms with Gasteiger partial charge in [0.2, 0.25) is 5.91 Å². The first-order chi connectivity index (χ1) is 7.68. The summed E-state index contributed by atoms with van der Waals surface area (Å²) in [6, 6.07) is 0.400. The second-order valence-electron chi connectivity index (χ2n) is 4.36. The van der Waals surface area contributed by atoms with Gasteiger partial charge in [-0.3, -0.25) is 9.00 Å². The quantitative estimate of drug-likeness (QED) is 0.639. The van der Waals surface area contributed by atoms with Crippen molar-refractivity contribution in [3.63, 3.8) is 0 Å². The minimum absolute atomic E-state index is 0.0875. The molecule has 0 bridgehead atoms. The van der Waals surface area contributed by atoms with Crippen LogP contribution in [-0.2, 0) is 15.6 Å². The first-order valence-corrected chi connectivity index (χ1v) is 7.71. The summed E-state index contributed by atoms with van der Waals surface area (Å²) < 4.78 is 10.8. The summed E-state index contributed by atoms with van der Waals surface area (Å²) >= 11 is 0. The summed E-state index contributed by atoms with van der Waals surface area (Å²) in [7, 11) is -0.724. The Kier molecular flexibility index (Phi) is 6.64. The van der Waals surface area contributed by atoms with Crippen molar-refractivity contribution in [2.75, 3.05) is 25.1 Å². The van der Waals surface area contributed by atoms with Crippen molar-refractivity contribution in [2.24, 2.45) is 0 Å². The molecule has 1 amide bonds. The zero-order valence-electron chi connectivity index (χ0n) is 9.96. The fourth-order valence-electron chi connectivity index (χ4n) is 1.95. The van der Waals surface area contributed by atoms with E-state index < -0.39 is 10.8 Å². The molecule has 1 rings (SSSR count). The molecule has 1 atom stereocenters. The lowest BCUT2D eigenvalue weighted by molar-refractivity contribution is -0.120. The van der Waals surface area contributed by atoms with Crippen LogP contribution in [0.15, 0.2) is 0 Å². The van der Waals surface area contributed by atoms with Gasteiger partial charge in [0.05, 0.1) is 6.54 Å². The van der Waals surface area contributed by atoms with Crippen LogP contribution in [0.3, 0.4) is 0 Å². The minimum atomic E-state index is -0.724. The average molecular weight is 246 g/mol. The summed E-state index contributed by atoms with van der Waals surface area (Å²) in [5.41, 5.74) is 0. The van der Waals surface area contributed by atoms with Gasteiger partial charge in [-0.05, 0) is 25.8 Å². The molecule has 1 aliphatic carbocycles. The Hall–Kier alpha value is -0.420. The third-order valence-corrected chi connectivity index (χ3v) is 3.65. The molecule has 0 radical (unpaired) electrons. The largest absolute Gasteiger partial charge is 0.352 e. The Bertz CT molecular complexity index is 240. The van der Waals surface area contributed by atoms with Crippen molar-refractivity contribution in [1.29, 1.82) is 0 Å². The van der Waals surface area contributed by atoms with Crippen molar-refractivity contribution < 1.29 is 9.00 Å². The molecular weight excluding hydrogens is 224 g/mol. The van der Waals surface area contributed by atoms with Gasteiger partial charge in [-0.25, -0.2) is 0 Å². The first-order valence-electron chi connectivity index (χ1n) is 5.98. The van der Waals surface area contributed by atoms with Crippen LogP contribution in [0.25, 0.3) is 0 Å². The summed E-state index contributed by atoms with van der Waals surface area (Å²) in [5.74, 6) is 0.793. The molecule has 1 unspecified atom stereocenters. The van der Waals surface area contributed by atoms with E-state index in [0.29, 0.717) is 18.3 Å². The van der Waals surface area contributed by atoms with E-state index in [1.807, 2.05) is 0 Å². The van der Waals surface area contributed by atoms with Crippen LogP contribution in [0.4, 0.5) is 0 Å². The molecule has 1 saturated carbocycles. The lowest BCUT2D eigenvalue weighted by atomic mass is 10.2. The molecule has 0 spiro atoms. The molecule has 0 aliphatic heterocycles. The standard InChI is InChI=1S/C11H22N2O2S/c1-16(15)8-4-7-12-9-11(14)13-10-5-2-3-6-10/h10,12H,2-9H2,1H3,(H,13,14). The van der Waals surface area contributed by atoms with Crippen LogP contribution >= 0.6 is 0 Å². The molecule has 2 N–H and O–H groups in total. The van der Waals surface area contributed by atoms with Gasteiger partial charge >= 0.3 is 0 Å². The van der Waals surface area contributed by atoms with E-state index in [9.17, 15) is 9.00 Å². The monoisotopic (exact) mass is 246 g/mol. The number of carbonyl (C=O) groups excluding carboxylic acids is 1. The van der Waals surface area contributed by atoms with Crippen molar-refractivity contribution in [3.8, 4) is 0 Å². The Morgan fingerprint density at radius 1 is 1.38 bits per heavy atom. The van der Waals surface area contributed by atoms with Crippen molar-refractivity contribution >= 4 is 16.7 Å². The molecule has 0 saturated heterocycles. The van der Waals surface area contributed by atoms with Crippen molar-refractivity contribution in [2.45, 2.75) is 38.1 Å². The number of nitrogens with one attached hydrogen (secondary N) is 2. The summed E-state index contributed by atoms with van der Waals surface area (Å²) in [5, 5.41) is 6.09. The van der Waals surface area contributed by atoms with Crippen LogP contribution in [-0.4, -0.2) is 41.3 Å². The second kappa shape index (κ2) is 7.79. The van der Waals surface area contributed by atoms with Crippen LogP contribution in [0.2, 0.25) is 0 Å². The normalized spacial score (nSPS) is 18.6. The van der Waals surface area contributed by atoms with Crippen LogP contribution in [0.1, 0.15) is 32.1 Å². The van der Waals surface area contributed by atoms with Gasteiger partial charge in [-0.2, -0.15) is 0 Å². The number of amides is 1. The van der Waals surface area contributed by atoms with Gasteiger partial charge in [-0.15, -0.1) is 0 Å². The van der Waals surface area contributed by atoms with E-state index in [1.54, 1.807) is 6.26 Å². The molecule has 1 aliphatic rings. The molecule has 16 heavy (non-hydrogen) atoms. The maximum Gasteiger partial charge on any atom is 0.234 e. The van der Waals surface area contributed by atoms with Gasteiger partial charge in [0, 0.05) is 28.9 Å². The average Bonchev–Trinajstić information content (AvgIpc) is 2.69. The van der Waals surface area contributed by atoms with Crippen LogP contribution in [0, 0.1) is 0 Å². The van der Waals surface area contributed by atoms with Crippen LogP contribution < -0.4 is 10.6 Å². The van der Waals surface area contributed by atoms with Gasteiger partial charge in [0.25, 0.3) is 0 Å². The lowest BCUT2D eigenvalue weighted by Gasteiger charge is -2.12. The van der Waals surface area contributed by atoms with Crippen molar-refractivity contribution in [3.05, 3.63) is 0 Å². The Morgan fingerprint density at radius 2 is 2.06 bits per heavy atom. The van der Waals surface area contributed by atoms with E-state index in [-0.39, 0.29) is 5.91 Å². The molecule has 94 valence electrons. The smallest absolute Gasteiger partial charge is 0.234 e. The highest BCUT2D eigenvalue weighted by molar-refractivity contribution is 7.84. The van der Waals surface area contributed by atoms with E-state index in [1.165, 1.54) is 12.8 Å². The zero-order valence-corrected chi connectivity index (χ0v) is 10.8. The number of rotatable bonds is 7. The van der Waals surface area contributed by atoms with Crippen molar-refractivity contribution in [1.82, 2.24) is 10.6 Å². The third-order valence-electron chi connectivity index (χ3n) is 2.79. The molecule has 5 heteroatoms. The third kappa shape index (κ3) is 6.23. The molecule has 0 heterocycles. The molecule has 1 fully saturated rings. The number of hydrogen-bond acceptors (Lipinski definition) is 3. The minimum Gasteiger partial charge on any atom is -0.352 e. The Morgan fingerprint density at radius 3 is 2.69 bits per heavy atom. The van der Waals surface area contributed by atoms with Crippen LogP contribution in [0.5, 0.6) is 0 Å². The van der Waals surface area contributed by atoms with E-state index in [2.05, 4.69) is 10.6 Å². The molecule has 0 aromatic rings. The van der Waals surface area contributed by atoms with E-state index in [4.69, 9.17) is 0 Å². The maximum atomic E-state index is 11.5. The molecular formula is C11H22N2O2S. The highest BCUT2D eigenvalue weighted by Crippen LogP contribution is 2.17. The second-order valence-corrected chi connectivity index (χ2v) is 5.91. The van der Waals surface area contributed by atoms with E-state index >= 15 is 0 Å². The SMILES string of the molecule is CS(=O)CCCNCC(=O)NC1CCCC1. The van der Waals surface area contributed by atoms with E-state index in [0.717, 1.165) is 25.8 Å². The summed E-state index contributed by atoms with van der Waals surface area (Å²) in [6.07, 6.45) is 7.29. The summed E-state index contributed by atoms with van der Waals surface area (Å²) in [6.45, 7) is 1.14. The highest BCUT2D eigenvalue weighted by Gasteiger charge is 2.16. The first kappa shape index (κ1) is 13.6. The van der Waals surface area contributed by atoms with Gasteiger partial charge in [-0.1, -0.05) is 12.8 Å². The fraction of sp³-hybridized carbons (Fsp3) is 0.909. The number of carbonyl (C=O) groups is 1. The molecule has 4 nitrogen and oxygen atoms in total. The maximum absolute atomic E-state index is 11.5. The lowest BCUT2D eigenvalue weighted by Crippen LogP contribution is -2.39. The molecule has 0 aromatic carbocycles. The van der Waals surface area contributed by atoms with Gasteiger partial charge in [0.15, 0.2) is 0 Å². The Balaban J connectivity index is 1.95. The molecule has 0 aromatic heterocycles. The predicted molar refractivity (Wildman–Crippen MR) is 66.8 cm³/mol. The Labute approximate surface area is 100 Å². The van der Waals surface area contributed by atoms with Gasteiger partial charge in [0.1, 0.15) is 0 Å². The zero-order chi connectivity index (χ0) is 11.8. The number of hydrogen-bond donors (Lipinski definition) is 2. The fourth-order valence-corrected chi connectivity index (χ4v) is 2.50.